The Morgan fingerprint density at radius 1 is 0.449 bits per heavy atom. The van der Waals surface area contributed by atoms with Gasteiger partial charge in [0, 0.05) is 0 Å². The maximum atomic E-state index is 8.73. The van der Waals surface area contributed by atoms with E-state index in [1.165, 1.54) is 0 Å². The molecule has 20 heteroatoms. The molecule has 0 fully saturated rings. The van der Waals surface area contributed by atoms with Crippen LogP contribution in [0.5, 0.6) is 0 Å². The van der Waals surface area contributed by atoms with Crippen molar-refractivity contribution >= 4 is 0 Å². The molecule has 0 heterocycles. The van der Waals surface area contributed by atoms with Crippen LogP contribution in [0.1, 0.15) is 140 Å². The van der Waals surface area contributed by atoms with Crippen LogP contribution in [0.4, 0.5) is 0 Å². The number of aliphatic hydroxyl groups is 2. The van der Waals surface area contributed by atoms with E-state index in [1.54, 1.807) is 0 Å². The van der Waals surface area contributed by atoms with Crippen LogP contribution in [-0.2, 0) is 0 Å². The monoisotopic (exact) mass is 727 g/mol. The second kappa shape index (κ2) is 37.0. The fraction of sp³-hybridized carbons (Fsp3) is 1.00. The van der Waals surface area contributed by atoms with E-state index >= 15 is 0 Å². The van der Waals surface area contributed by atoms with Gasteiger partial charge >= 0.3 is 0 Å². The smallest absolute Gasteiger partial charge is 0.116 e. The van der Waals surface area contributed by atoms with E-state index in [2.05, 4.69) is 50.4 Å². The SMILES string of the molecule is CCC(CC)(NO)NO.CCC(NCO)NCO.CCC(NO)(NO)C(C)C.CCCC(CC)(NO)NO.CCCCC(CC)(NO)NO. The largest absolute Gasteiger partial charge is 0.381 e. The Labute approximate surface area is 294 Å². The van der Waals surface area contributed by atoms with Gasteiger partial charge in [-0.05, 0) is 57.3 Å². The summed E-state index contributed by atoms with van der Waals surface area (Å²) < 4.78 is 0. The highest BCUT2D eigenvalue weighted by Gasteiger charge is 2.30. The number of hydrogen-bond acceptors (Lipinski definition) is 20. The third-order valence-corrected chi connectivity index (χ3v) is 8.36. The molecule has 0 saturated carbocycles. The van der Waals surface area contributed by atoms with Gasteiger partial charge in [-0.15, -0.1) is 0 Å². The molecule has 0 bridgehead atoms. The highest BCUT2D eigenvalue weighted by atomic mass is 16.5. The molecular formula is C29H78N10O10. The zero-order valence-corrected chi connectivity index (χ0v) is 31.8. The van der Waals surface area contributed by atoms with Crippen LogP contribution >= 0.6 is 0 Å². The third-order valence-electron chi connectivity index (χ3n) is 8.36. The van der Waals surface area contributed by atoms with E-state index in [-0.39, 0.29) is 25.5 Å². The molecule has 0 aromatic carbocycles. The maximum Gasteiger partial charge on any atom is 0.116 e. The second-order valence-electron chi connectivity index (χ2n) is 11.6. The predicted octanol–water partition coefficient (Wildman–Crippen LogP) is 2.06. The lowest BCUT2D eigenvalue weighted by Crippen LogP contribution is -2.57. The topological polar surface area (TPSA) is 323 Å². The molecule has 20 nitrogen and oxygen atoms in total. The molecule has 20 N–H and O–H groups in total. The molecule has 0 aliphatic carbocycles. The third kappa shape index (κ3) is 25.7. The molecule has 0 atom stereocenters. The van der Waals surface area contributed by atoms with E-state index in [4.69, 9.17) is 51.9 Å². The van der Waals surface area contributed by atoms with Gasteiger partial charge < -0.3 is 51.9 Å². The normalized spacial score (nSPS) is 11.9. The zero-order chi connectivity index (χ0) is 39.4. The molecule has 0 rings (SSSR count). The summed E-state index contributed by atoms with van der Waals surface area (Å²) in [5.41, 5.74) is 13.5. The molecule has 0 aliphatic rings. The summed E-state index contributed by atoms with van der Waals surface area (Å²) in [7, 11) is 0. The number of hydroxylamine groups is 8. The van der Waals surface area contributed by atoms with E-state index < -0.39 is 22.7 Å². The Morgan fingerprint density at radius 3 is 0.918 bits per heavy atom. The standard InChI is InChI=1S/C7H18N2O2.2C6H16N2O2.2C5H14N2O2/c1-3-5-6-7(4-2,8-10)9-11;1-4-6(7-9,8-10)5(2)3;1-3-5-6(4-2,7-9)8-10;1-3-5(4-2,6-8)7-9;1-2-5(6-3-8)7-4-9/h8-11H,3-6H2,1-2H3;5,7-10H,4H2,1-3H3;7-10H,3-5H2,1-2H3;6-9H,3-4H2,1-2H3;5-9H,2-4H2,1H3. The summed E-state index contributed by atoms with van der Waals surface area (Å²) >= 11 is 0. The quantitative estimate of drug-likeness (QED) is 0.0500. The summed E-state index contributed by atoms with van der Waals surface area (Å²) in [6.45, 7) is 19.0. The van der Waals surface area contributed by atoms with Gasteiger partial charge in [0.2, 0.25) is 0 Å². The predicted molar refractivity (Wildman–Crippen MR) is 186 cm³/mol. The highest BCUT2D eigenvalue weighted by Crippen LogP contribution is 2.16. The summed E-state index contributed by atoms with van der Waals surface area (Å²) in [4.78, 5) is 0. The fourth-order valence-electron chi connectivity index (χ4n) is 3.87. The number of unbranched alkanes of at least 4 members (excludes halogenated alkanes) is 1. The van der Waals surface area contributed by atoms with Crippen molar-refractivity contribution in [2.75, 3.05) is 13.5 Å². The summed E-state index contributed by atoms with van der Waals surface area (Å²) in [5, 5.41) is 91.2. The summed E-state index contributed by atoms with van der Waals surface area (Å²) in [6.07, 6.45) is 8.29. The molecule has 0 radical (unpaired) electrons. The van der Waals surface area contributed by atoms with Gasteiger partial charge in [-0.25, -0.2) is 0 Å². The maximum absolute atomic E-state index is 8.73. The first-order chi connectivity index (χ1) is 23.2. The van der Waals surface area contributed by atoms with Crippen LogP contribution in [0.2, 0.25) is 0 Å². The number of aliphatic hydroxyl groups excluding tert-OH is 2. The van der Waals surface area contributed by atoms with Gasteiger partial charge in [-0.3, -0.25) is 10.6 Å². The molecule has 0 amide bonds. The van der Waals surface area contributed by atoms with E-state index in [9.17, 15) is 0 Å². The molecule has 0 aromatic rings. The number of rotatable bonds is 24. The zero-order valence-electron chi connectivity index (χ0n) is 31.8. The lowest BCUT2D eigenvalue weighted by molar-refractivity contribution is -0.0719. The molecule has 304 valence electrons. The van der Waals surface area contributed by atoms with Crippen LogP contribution in [-0.4, -0.2) is 94.1 Å². The van der Waals surface area contributed by atoms with Crippen molar-refractivity contribution in [3.8, 4) is 0 Å². The fourth-order valence-corrected chi connectivity index (χ4v) is 3.87. The minimum Gasteiger partial charge on any atom is -0.381 e. The Kier molecular flexibility index (Phi) is 43.4. The van der Waals surface area contributed by atoms with Gasteiger partial charge in [-0.2, -0.15) is 43.8 Å². The first kappa shape index (κ1) is 57.5. The molecule has 0 unspecified atom stereocenters. The molecule has 0 aromatic heterocycles. The Bertz CT molecular complexity index is 601. The van der Waals surface area contributed by atoms with Crippen LogP contribution in [0.15, 0.2) is 0 Å². The molecule has 0 aliphatic heterocycles. The lowest BCUT2D eigenvalue weighted by atomic mass is 9.95. The summed E-state index contributed by atoms with van der Waals surface area (Å²) in [5.74, 6) is 0.118. The Balaban J connectivity index is -0.000000165. The first-order valence-electron chi connectivity index (χ1n) is 17.2. The average Bonchev–Trinajstić information content (AvgIpc) is 3.14. The Hall–Kier alpha value is -0.800. The molecular weight excluding hydrogens is 648 g/mol. The summed E-state index contributed by atoms with van der Waals surface area (Å²) in [6, 6.07) is 0. The average molecular weight is 727 g/mol. The minimum absolute atomic E-state index is 0.0139. The van der Waals surface area contributed by atoms with Gasteiger partial charge in [0.15, 0.2) is 0 Å². The lowest BCUT2D eigenvalue weighted by Gasteiger charge is -2.33. The van der Waals surface area contributed by atoms with E-state index in [1.807, 2.05) is 73.3 Å². The number of nitrogens with one attached hydrogen (secondary N) is 10. The van der Waals surface area contributed by atoms with Gasteiger partial charge in [-0.1, -0.05) is 88.5 Å². The highest BCUT2D eigenvalue weighted by molar-refractivity contribution is 4.80. The molecule has 49 heavy (non-hydrogen) atoms. The van der Waals surface area contributed by atoms with Crippen LogP contribution in [0, 0.1) is 5.92 Å². The van der Waals surface area contributed by atoms with Crippen molar-refractivity contribution in [3.05, 3.63) is 0 Å². The van der Waals surface area contributed by atoms with Gasteiger partial charge in [0.25, 0.3) is 0 Å². The number of hydrogen-bond donors (Lipinski definition) is 20. The van der Waals surface area contributed by atoms with Gasteiger partial charge in [0.1, 0.15) is 22.7 Å². The second-order valence-corrected chi connectivity index (χ2v) is 11.6. The molecule has 0 saturated heterocycles. The van der Waals surface area contributed by atoms with Crippen LogP contribution < -0.4 is 54.5 Å². The van der Waals surface area contributed by atoms with Crippen molar-refractivity contribution in [2.45, 2.75) is 169 Å². The first-order valence-corrected chi connectivity index (χ1v) is 17.2. The van der Waals surface area contributed by atoms with Crippen molar-refractivity contribution < 1.29 is 51.9 Å². The van der Waals surface area contributed by atoms with Crippen LogP contribution in [0.3, 0.4) is 0 Å². The van der Waals surface area contributed by atoms with Crippen molar-refractivity contribution in [1.29, 1.82) is 0 Å². The van der Waals surface area contributed by atoms with E-state index in [0.29, 0.717) is 44.9 Å². The van der Waals surface area contributed by atoms with Crippen molar-refractivity contribution in [1.82, 2.24) is 54.5 Å². The van der Waals surface area contributed by atoms with Crippen molar-refractivity contribution in [2.24, 2.45) is 5.92 Å². The van der Waals surface area contributed by atoms with E-state index in [0.717, 1.165) is 25.7 Å². The van der Waals surface area contributed by atoms with Crippen LogP contribution in [0.25, 0.3) is 0 Å². The molecule has 0 spiro atoms. The van der Waals surface area contributed by atoms with Crippen molar-refractivity contribution in [3.63, 3.8) is 0 Å². The minimum atomic E-state index is -0.764. The van der Waals surface area contributed by atoms with Gasteiger partial charge in [0.05, 0.1) is 19.6 Å². The Morgan fingerprint density at radius 2 is 0.796 bits per heavy atom.